The Labute approximate surface area is 119 Å². The summed E-state index contributed by atoms with van der Waals surface area (Å²) in [5.41, 5.74) is 0.744. The lowest BCUT2D eigenvalue weighted by Crippen LogP contribution is -2.42. The third-order valence-electron chi connectivity index (χ3n) is 3.45. The highest BCUT2D eigenvalue weighted by molar-refractivity contribution is 5.76. The summed E-state index contributed by atoms with van der Waals surface area (Å²) in [5.74, 6) is 1.35. The second-order valence-electron chi connectivity index (χ2n) is 4.78. The van der Waals surface area contributed by atoms with Gasteiger partial charge in [-0.1, -0.05) is 12.1 Å². The van der Waals surface area contributed by atoms with E-state index in [0.29, 0.717) is 18.0 Å². The highest BCUT2D eigenvalue weighted by Gasteiger charge is 2.46. The van der Waals surface area contributed by atoms with E-state index < -0.39 is 0 Å². The van der Waals surface area contributed by atoms with Crippen LogP contribution in [-0.4, -0.2) is 26.8 Å². The highest BCUT2D eigenvalue weighted by atomic mass is 16.5. The summed E-state index contributed by atoms with van der Waals surface area (Å²) in [6.45, 7) is 4.02. The van der Waals surface area contributed by atoms with Crippen LogP contribution in [0.4, 0.5) is 4.79 Å². The van der Waals surface area contributed by atoms with E-state index in [9.17, 15) is 4.79 Å². The van der Waals surface area contributed by atoms with Gasteiger partial charge in [0.25, 0.3) is 0 Å². The zero-order valence-electron chi connectivity index (χ0n) is 11.9. The molecule has 2 N–H and O–H groups in total. The molecule has 0 saturated heterocycles. The fourth-order valence-corrected chi connectivity index (χ4v) is 2.17. The molecule has 1 aliphatic carbocycles. The molecule has 1 saturated carbocycles. The molecular weight excluding hydrogens is 256 g/mol. The minimum Gasteiger partial charge on any atom is -0.493 e. The number of ether oxygens (including phenoxy) is 2. The first-order chi connectivity index (χ1) is 9.65. The summed E-state index contributed by atoms with van der Waals surface area (Å²) in [4.78, 5) is 11.8. The molecule has 2 rings (SSSR count). The van der Waals surface area contributed by atoms with E-state index in [1.165, 1.54) is 0 Å². The average Bonchev–Trinajstić information content (AvgIpc) is 3.25. The molecule has 5 heteroatoms. The molecule has 5 nitrogen and oxygen atoms in total. The van der Waals surface area contributed by atoms with Crippen LogP contribution in [0.2, 0.25) is 0 Å². The summed E-state index contributed by atoms with van der Waals surface area (Å²) in [6.07, 6.45) is 3.49. The Balaban J connectivity index is 2.14. The molecular formula is C15H20N2O3. The SMILES string of the molecule is C=CCNC(=O)NC1(c2ccc(OC)c(OC)c2)CC1. The molecule has 0 heterocycles. The Hall–Kier alpha value is -2.17. The van der Waals surface area contributed by atoms with Crippen LogP contribution in [0.15, 0.2) is 30.9 Å². The minimum absolute atomic E-state index is 0.183. The summed E-state index contributed by atoms with van der Waals surface area (Å²) in [5, 5.41) is 5.74. The molecule has 108 valence electrons. The number of hydrogen-bond donors (Lipinski definition) is 2. The van der Waals surface area contributed by atoms with Gasteiger partial charge in [0.05, 0.1) is 19.8 Å². The van der Waals surface area contributed by atoms with Crippen LogP contribution in [0.3, 0.4) is 0 Å². The first kappa shape index (κ1) is 14.2. The van der Waals surface area contributed by atoms with Crippen LogP contribution in [-0.2, 0) is 5.54 Å². The number of urea groups is 1. The fourth-order valence-electron chi connectivity index (χ4n) is 2.17. The second-order valence-corrected chi connectivity index (χ2v) is 4.78. The molecule has 1 aromatic carbocycles. The standard InChI is InChI=1S/C15H20N2O3/c1-4-9-16-14(18)17-15(7-8-15)11-5-6-12(19-2)13(10-11)20-3/h4-6,10H,1,7-9H2,2-3H3,(H2,16,17,18). The van der Waals surface area contributed by atoms with Crippen LogP contribution in [0, 0.1) is 0 Å². The summed E-state index contributed by atoms with van der Waals surface area (Å²) < 4.78 is 10.5. The van der Waals surface area contributed by atoms with Crippen molar-refractivity contribution in [3.63, 3.8) is 0 Å². The number of carbonyl (C=O) groups is 1. The Bertz CT molecular complexity index is 510. The number of rotatable bonds is 6. The van der Waals surface area contributed by atoms with E-state index in [4.69, 9.17) is 9.47 Å². The van der Waals surface area contributed by atoms with E-state index in [-0.39, 0.29) is 11.6 Å². The molecule has 0 spiro atoms. The van der Waals surface area contributed by atoms with Crippen LogP contribution in [0.1, 0.15) is 18.4 Å². The molecule has 0 atom stereocenters. The van der Waals surface area contributed by atoms with Gasteiger partial charge >= 0.3 is 6.03 Å². The zero-order chi connectivity index (χ0) is 14.6. The third kappa shape index (κ3) is 2.87. The molecule has 0 aliphatic heterocycles. The van der Waals surface area contributed by atoms with Crippen LogP contribution in [0.25, 0.3) is 0 Å². The van der Waals surface area contributed by atoms with Crippen molar-refractivity contribution in [2.45, 2.75) is 18.4 Å². The number of carbonyl (C=O) groups excluding carboxylic acids is 1. The van der Waals surface area contributed by atoms with Gasteiger partial charge in [-0.3, -0.25) is 0 Å². The van der Waals surface area contributed by atoms with Gasteiger partial charge in [0.1, 0.15) is 0 Å². The molecule has 1 fully saturated rings. The lowest BCUT2D eigenvalue weighted by molar-refractivity contribution is 0.236. The smallest absolute Gasteiger partial charge is 0.315 e. The molecule has 0 unspecified atom stereocenters. The summed E-state index contributed by atoms with van der Waals surface area (Å²) in [7, 11) is 3.21. The predicted molar refractivity (Wildman–Crippen MR) is 77.2 cm³/mol. The summed E-state index contributed by atoms with van der Waals surface area (Å²) in [6, 6.07) is 5.55. The number of amides is 2. The van der Waals surface area contributed by atoms with Gasteiger partial charge in [0.2, 0.25) is 0 Å². The normalized spacial score (nSPS) is 15.1. The van der Waals surface area contributed by atoms with Crippen molar-refractivity contribution in [2.24, 2.45) is 0 Å². The fraction of sp³-hybridized carbons (Fsp3) is 0.400. The van der Waals surface area contributed by atoms with Crippen LogP contribution < -0.4 is 20.1 Å². The number of methoxy groups -OCH3 is 2. The van der Waals surface area contributed by atoms with Crippen molar-refractivity contribution in [1.29, 1.82) is 0 Å². The third-order valence-corrected chi connectivity index (χ3v) is 3.45. The molecule has 2 amide bonds. The number of benzene rings is 1. The van der Waals surface area contributed by atoms with E-state index in [2.05, 4.69) is 17.2 Å². The average molecular weight is 276 g/mol. The maximum absolute atomic E-state index is 11.8. The highest BCUT2D eigenvalue weighted by Crippen LogP contribution is 2.47. The molecule has 0 radical (unpaired) electrons. The van der Waals surface area contributed by atoms with Crippen LogP contribution in [0.5, 0.6) is 11.5 Å². The van der Waals surface area contributed by atoms with E-state index >= 15 is 0 Å². The minimum atomic E-state index is -0.287. The number of hydrogen-bond acceptors (Lipinski definition) is 3. The quantitative estimate of drug-likeness (QED) is 0.783. The van der Waals surface area contributed by atoms with Crippen molar-refractivity contribution < 1.29 is 14.3 Å². The van der Waals surface area contributed by atoms with Crippen molar-refractivity contribution >= 4 is 6.03 Å². The van der Waals surface area contributed by atoms with Gasteiger partial charge < -0.3 is 20.1 Å². The summed E-state index contributed by atoms with van der Waals surface area (Å²) >= 11 is 0. The molecule has 0 aromatic heterocycles. The molecule has 1 aromatic rings. The Morgan fingerprint density at radius 2 is 2.05 bits per heavy atom. The molecule has 0 bridgehead atoms. The van der Waals surface area contributed by atoms with E-state index in [1.54, 1.807) is 20.3 Å². The van der Waals surface area contributed by atoms with Gasteiger partial charge in [0, 0.05) is 6.54 Å². The van der Waals surface area contributed by atoms with E-state index in [0.717, 1.165) is 18.4 Å². The lowest BCUT2D eigenvalue weighted by Gasteiger charge is -2.19. The first-order valence-corrected chi connectivity index (χ1v) is 6.54. The maximum atomic E-state index is 11.8. The van der Waals surface area contributed by atoms with Crippen LogP contribution >= 0.6 is 0 Å². The number of nitrogens with one attached hydrogen (secondary N) is 2. The second kappa shape index (κ2) is 5.86. The van der Waals surface area contributed by atoms with Crippen molar-refractivity contribution in [3.05, 3.63) is 36.4 Å². The van der Waals surface area contributed by atoms with Gasteiger partial charge in [-0.25, -0.2) is 4.79 Å². The Morgan fingerprint density at radius 3 is 2.60 bits per heavy atom. The molecule has 1 aliphatic rings. The maximum Gasteiger partial charge on any atom is 0.315 e. The van der Waals surface area contributed by atoms with Gasteiger partial charge in [-0.15, -0.1) is 6.58 Å². The van der Waals surface area contributed by atoms with Crippen molar-refractivity contribution in [1.82, 2.24) is 10.6 Å². The van der Waals surface area contributed by atoms with Gasteiger partial charge in [-0.2, -0.15) is 0 Å². The van der Waals surface area contributed by atoms with Crippen molar-refractivity contribution in [3.8, 4) is 11.5 Å². The van der Waals surface area contributed by atoms with Crippen molar-refractivity contribution in [2.75, 3.05) is 20.8 Å². The monoisotopic (exact) mass is 276 g/mol. The molecule has 20 heavy (non-hydrogen) atoms. The Morgan fingerprint density at radius 1 is 1.35 bits per heavy atom. The largest absolute Gasteiger partial charge is 0.493 e. The van der Waals surface area contributed by atoms with Gasteiger partial charge in [-0.05, 0) is 30.5 Å². The first-order valence-electron chi connectivity index (χ1n) is 6.54. The lowest BCUT2D eigenvalue weighted by atomic mass is 10.0. The Kier molecular flexibility index (Phi) is 4.17. The van der Waals surface area contributed by atoms with Gasteiger partial charge in [0.15, 0.2) is 11.5 Å². The topological polar surface area (TPSA) is 59.6 Å². The predicted octanol–water partition coefficient (Wildman–Crippen LogP) is 2.18. The zero-order valence-corrected chi connectivity index (χ0v) is 11.9. The van der Waals surface area contributed by atoms with E-state index in [1.807, 2.05) is 18.2 Å².